The highest BCUT2D eigenvalue weighted by molar-refractivity contribution is 6.30. The molecule has 124 valence electrons. The van der Waals surface area contributed by atoms with Crippen molar-refractivity contribution in [3.63, 3.8) is 0 Å². The van der Waals surface area contributed by atoms with Gasteiger partial charge in [0, 0.05) is 21.5 Å². The van der Waals surface area contributed by atoms with Gasteiger partial charge in [0.1, 0.15) is 5.82 Å². The van der Waals surface area contributed by atoms with Gasteiger partial charge in [0.2, 0.25) is 0 Å². The first-order valence-electron chi connectivity index (χ1n) is 8.06. The molecule has 2 aromatic carbocycles. The van der Waals surface area contributed by atoms with Crippen molar-refractivity contribution in [2.24, 2.45) is 0 Å². The van der Waals surface area contributed by atoms with E-state index in [1.807, 2.05) is 24.3 Å². The molecule has 0 unspecified atom stereocenters. The largest absolute Gasteiger partial charge is 0.365 e. The number of anilines is 1. The molecule has 0 aliphatic carbocycles. The van der Waals surface area contributed by atoms with E-state index in [-0.39, 0.29) is 5.54 Å². The molecule has 0 spiro atoms. The van der Waals surface area contributed by atoms with Gasteiger partial charge >= 0.3 is 0 Å². The number of nitrogens with one attached hydrogen (secondary N) is 1. The molecule has 3 aromatic rings. The van der Waals surface area contributed by atoms with Crippen LogP contribution < -0.4 is 5.32 Å². The summed E-state index contributed by atoms with van der Waals surface area (Å²) in [5.74, 6) is 1.57. The fraction of sp³-hybridized carbons (Fsp3) is 0.300. The van der Waals surface area contributed by atoms with Gasteiger partial charge in [-0.3, -0.25) is 0 Å². The average molecular weight is 340 g/mol. The smallest absolute Gasteiger partial charge is 0.162 e. The highest BCUT2D eigenvalue weighted by Gasteiger charge is 2.17. The minimum Gasteiger partial charge on any atom is -0.365 e. The fourth-order valence-electron chi connectivity index (χ4n) is 2.82. The molecular formula is C20H22ClN3. The lowest BCUT2D eigenvalue weighted by Gasteiger charge is -2.23. The number of nitrogens with zero attached hydrogens (tertiary/aromatic N) is 2. The Kier molecular flexibility index (Phi) is 4.22. The van der Waals surface area contributed by atoms with Crippen LogP contribution in [0.1, 0.15) is 31.9 Å². The zero-order chi connectivity index (χ0) is 17.5. The topological polar surface area (TPSA) is 37.8 Å². The van der Waals surface area contributed by atoms with Crippen LogP contribution in [0.25, 0.3) is 22.3 Å². The summed E-state index contributed by atoms with van der Waals surface area (Å²) in [6, 6.07) is 11.9. The van der Waals surface area contributed by atoms with E-state index in [0.29, 0.717) is 10.8 Å². The molecule has 0 atom stereocenters. The Morgan fingerprint density at radius 2 is 1.62 bits per heavy atom. The molecule has 3 rings (SSSR count). The van der Waals surface area contributed by atoms with Crippen molar-refractivity contribution >= 4 is 28.3 Å². The summed E-state index contributed by atoms with van der Waals surface area (Å²) >= 11 is 6.00. The second-order valence-electron chi connectivity index (χ2n) is 7.25. The number of halogens is 1. The van der Waals surface area contributed by atoms with Gasteiger partial charge in [0.25, 0.3) is 0 Å². The summed E-state index contributed by atoms with van der Waals surface area (Å²) in [5, 5.41) is 5.31. The Balaban J connectivity index is 2.26. The summed E-state index contributed by atoms with van der Waals surface area (Å²) in [4.78, 5) is 9.60. The second-order valence-corrected chi connectivity index (χ2v) is 7.69. The molecular weight excluding hydrogens is 318 g/mol. The van der Waals surface area contributed by atoms with Crippen molar-refractivity contribution in [2.75, 3.05) is 5.32 Å². The molecule has 0 bridgehead atoms. The Bertz CT molecular complexity index is 893. The third-order valence-corrected chi connectivity index (χ3v) is 3.99. The minimum atomic E-state index is -0.0874. The highest BCUT2D eigenvalue weighted by Crippen LogP contribution is 2.30. The van der Waals surface area contributed by atoms with Gasteiger partial charge in [-0.1, -0.05) is 17.7 Å². The predicted molar refractivity (Wildman–Crippen MR) is 103 cm³/mol. The van der Waals surface area contributed by atoms with Crippen LogP contribution in [0.2, 0.25) is 5.02 Å². The summed E-state index contributed by atoms with van der Waals surface area (Å²) < 4.78 is 0. The van der Waals surface area contributed by atoms with Gasteiger partial charge in [0.15, 0.2) is 5.82 Å². The number of benzene rings is 2. The number of hydrogen-bond acceptors (Lipinski definition) is 3. The van der Waals surface area contributed by atoms with E-state index in [1.54, 1.807) is 0 Å². The summed E-state index contributed by atoms with van der Waals surface area (Å²) in [6.07, 6.45) is 0. The van der Waals surface area contributed by atoms with E-state index in [9.17, 15) is 0 Å². The monoisotopic (exact) mass is 339 g/mol. The first kappa shape index (κ1) is 16.7. The zero-order valence-electron chi connectivity index (χ0n) is 14.7. The molecule has 1 heterocycles. The van der Waals surface area contributed by atoms with Gasteiger partial charge < -0.3 is 5.32 Å². The molecule has 4 heteroatoms. The van der Waals surface area contributed by atoms with Crippen LogP contribution in [0, 0.1) is 13.8 Å². The van der Waals surface area contributed by atoms with Crippen LogP contribution in [-0.2, 0) is 0 Å². The molecule has 0 amide bonds. The normalized spacial score (nSPS) is 11.8. The first-order chi connectivity index (χ1) is 11.2. The fourth-order valence-corrected chi connectivity index (χ4v) is 2.94. The number of aromatic nitrogens is 2. The van der Waals surface area contributed by atoms with E-state index < -0.39 is 0 Å². The Morgan fingerprint density at radius 1 is 0.958 bits per heavy atom. The zero-order valence-corrected chi connectivity index (χ0v) is 15.5. The summed E-state index contributed by atoms with van der Waals surface area (Å²) in [5.41, 5.74) is 4.20. The number of rotatable bonds is 2. The van der Waals surface area contributed by atoms with Crippen LogP contribution >= 0.6 is 11.6 Å². The van der Waals surface area contributed by atoms with Crippen molar-refractivity contribution < 1.29 is 0 Å². The molecule has 0 radical (unpaired) electrons. The maximum atomic E-state index is 6.00. The van der Waals surface area contributed by atoms with Gasteiger partial charge in [0.05, 0.1) is 5.52 Å². The Hall–Kier alpha value is -2.13. The predicted octanol–water partition coefficient (Wildman–Crippen LogP) is 5.78. The number of fused-ring (bicyclic) bond motifs is 1. The average Bonchev–Trinajstić information content (AvgIpc) is 2.45. The molecule has 0 aliphatic rings. The standard InChI is InChI=1S/C20H22ClN3/c1-12-10-13(2)17-16(11-12)22-18(14-6-8-15(21)9-7-14)23-19(17)24-20(3,4)5/h6-11H,1-5H3,(H,22,23,24). The van der Waals surface area contributed by atoms with E-state index in [2.05, 4.69) is 52.1 Å². The van der Waals surface area contributed by atoms with Crippen molar-refractivity contribution in [1.29, 1.82) is 0 Å². The SMILES string of the molecule is Cc1cc(C)c2c(NC(C)(C)C)nc(-c3ccc(Cl)cc3)nc2c1. The van der Waals surface area contributed by atoms with Gasteiger partial charge in [-0.05, 0) is 76.1 Å². The van der Waals surface area contributed by atoms with Crippen LogP contribution in [0.5, 0.6) is 0 Å². The molecule has 0 saturated heterocycles. The lowest BCUT2D eigenvalue weighted by molar-refractivity contribution is 0.631. The summed E-state index contributed by atoms with van der Waals surface area (Å²) in [6.45, 7) is 10.6. The lowest BCUT2D eigenvalue weighted by Crippen LogP contribution is -2.27. The van der Waals surface area contributed by atoms with Crippen LogP contribution in [0.3, 0.4) is 0 Å². The third kappa shape index (κ3) is 3.51. The van der Waals surface area contributed by atoms with Crippen molar-refractivity contribution in [3.05, 3.63) is 52.5 Å². The third-order valence-electron chi connectivity index (χ3n) is 3.74. The van der Waals surface area contributed by atoms with Crippen molar-refractivity contribution in [1.82, 2.24) is 9.97 Å². The van der Waals surface area contributed by atoms with Gasteiger partial charge in [-0.25, -0.2) is 9.97 Å². The van der Waals surface area contributed by atoms with E-state index in [4.69, 9.17) is 21.6 Å². The minimum absolute atomic E-state index is 0.0874. The van der Waals surface area contributed by atoms with E-state index in [0.717, 1.165) is 22.3 Å². The molecule has 1 N–H and O–H groups in total. The molecule has 24 heavy (non-hydrogen) atoms. The highest BCUT2D eigenvalue weighted by atomic mass is 35.5. The molecule has 0 saturated carbocycles. The Morgan fingerprint density at radius 3 is 2.25 bits per heavy atom. The molecule has 0 fully saturated rings. The molecule has 0 aliphatic heterocycles. The van der Waals surface area contributed by atoms with Crippen molar-refractivity contribution in [3.8, 4) is 11.4 Å². The molecule has 1 aromatic heterocycles. The Labute approximate surface area is 148 Å². The van der Waals surface area contributed by atoms with Gasteiger partial charge in [-0.2, -0.15) is 0 Å². The first-order valence-corrected chi connectivity index (χ1v) is 8.44. The lowest BCUT2D eigenvalue weighted by atomic mass is 10.0. The quantitative estimate of drug-likeness (QED) is 0.643. The maximum absolute atomic E-state index is 6.00. The summed E-state index contributed by atoms with van der Waals surface area (Å²) in [7, 11) is 0. The number of hydrogen-bond donors (Lipinski definition) is 1. The van der Waals surface area contributed by atoms with E-state index in [1.165, 1.54) is 11.1 Å². The van der Waals surface area contributed by atoms with Crippen LogP contribution in [0.4, 0.5) is 5.82 Å². The van der Waals surface area contributed by atoms with E-state index >= 15 is 0 Å². The van der Waals surface area contributed by atoms with Gasteiger partial charge in [-0.15, -0.1) is 0 Å². The number of aryl methyl sites for hydroxylation is 2. The van der Waals surface area contributed by atoms with Crippen LogP contribution in [0.15, 0.2) is 36.4 Å². The van der Waals surface area contributed by atoms with Crippen LogP contribution in [-0.4, -0.2) is 15.5 Å². The van der Waals surface area contributed by atoms with Crippen molar-refractivity contribution in [2.45, 2.75) is 40.2 Å². The second kappa shape index (κ2) is 6.06. The maximum Gasteiger partial charge on any atom is 0.162 e. The molecule has 3 nitrogen and oxygen atoms in total.